The second-order valence-electron chi connectivity index (χ2n) is 4.19. The topological polar surface area (TPSA) is 52.8 Å². The van der Waals surface area contributed by atoms with Gasteiger partial charge in [0, 0.05) is 24.8 Å². The summed E-state index contributed by atoms with van der Waals surface area (Å²) >= 11 is 0. The molecular formula is C13H20N4. The summed E-state index contributed by atoms with van der Waals surface area (Å²) in [4.78, 5) is 10.9. The lowest BCUT2D eigenvalue weighted by molar-refractivity contribution is 0.676. The number of hydrogen-bond acceptors (Lipinski definition) is 4. The molecule has 17 heavy (non-hydrogen) atoms. The Bertz CT molecular complexity index is 408. The lowest BCUT2D eigenvalue weighted by atomic mass is 10.2. The minimum absolute atomic E-state index is 0.00954. The molecule has 0 aliphatic rings. The van der Waals surface area contributed by atoms with E-state index in [4.69, 9.17) is 5.26 Å². The summed E-state index contributed by atoms with van der Waals surface area (Å²) in [6, 6.07) is 4.27. The van der Waals surface area contributed by atoms with Crippen LogP contribution in [0.4, 0.5) is 5.82 Å². The fraction of sp³-hybridized carbons (Fsp3) is 0.615. The van der Waals surface area contributed by atoms with Crippen molar-refractivity contribution in [1.82, 2.24) is 9.97 Å². The maximum absolute atomic E-state index is 8.87. The van der Waals surface area contributed by atoms with Crippen LogP contribution in [-0.4, -0.2) is 23.1 Å². The highest BCUT2D eigenvalue weighted by atomic mass is 15.2. The lowest BCUT2D eigenvalue weighted by Crippen LogP contribution is -2.29. The van der Waals surface area contributed by atoms with Crippen LogP contribution >= 0.6 is 0 Å². The minimum atomic E-state index is 0.00954. The van der Waals surface area contributed by atoms with E-state index in [-0.39, 0.29) is 5.92 Å². The number of nitriles is 1. The number of rotatable bonds is 5. The number of aryl methyl sites for hydroxylation is 2. The smallest absolute Gasteiger partial charge is 0.132 e. The maximum Gasteiger partial charge on any atom is 0.132 e. The monoisotopic (exact) mass is 232 g/mol. The van der Waals surface area contributed by atoms with Crippen LogP contribution < -0.4 is 4.90 Å². The van der Waals surface area contributed by atoms with E-state index in [1.165, 1.54) is 0 Å². The third-order valence-electron chi connectivity index (χ3n) is 2.66. The van der Waals surface area contributed by atoms with Crippen molar-refractivity contribution < 1.29 is 0 Å². The molecule has 1 aromatic heterocycles. The van der Waals surface area contributed by atoms with Gasteiger partial charge in [-0.15, -0.1) is 0 Å². The molecule has 0 aliphatic heterocycles. The van der Waals surface area contributed by atoms with Crippen LogP contribution in [-0.2, 0) is 6.42 Å². The Hall–Kier alpha value is -1.63. The first kappa shape index (κ1) is 13.4. The van der Waals surface area contributed by atoms with Crippen LogP contribution in [0.25, 0.3) is 0 Å². The molecule has 92 valence electrons. The summed E-state index contributed by atoms with van der Waals surface area (Å²) in [6.45, 7) is 9.56. The molecule has 1 rings (SSSR count). The molecule has 0 aromatic carbocycles. The lowest BCUT2D eigenvalue weighted by Gasteiger charge is -2.23. The Balaban J connectivity index is 2.95. The van der Waals surface area contributed by atoms with E-state index in [9.17, 15) is 0 Å². The summed E-state index contributed by atoms with van der Waals surface area (Å²) < 4.78 is 0. The quantitative estimate of drug-likeness (QED) is 0.782. The van der Waals surface area contributed by atoms with E-state index >= 15 is 0 Å². The van der Waals surface area contributed by atoms with E-state index in [1.54, 1.807) is 0 Å². The molecular weight excluding hydrogens is 212 g/mol. The molecule has 0 aliphatic carbocycles. The van der Waals surface area contributed by atoms with Crippen LogP contribution in [0.3, 0.4) is 0 Å². The van der Waals surface area contributed by atoms with Gasteiger partial charge in [-0.25, -0.2) is 9.97 Å². The van der Waals surface area contributed by atoms with Crippen molar-refractivity contribution in [2.24, 2.45) is 5.92 Å². The highest BCUT2D eigenvalue weighted by molar-refractivity contribution is 5.40. The number of aromatic nitrogens is 2. The molecule has 0 amide bonds. The number of hydrogen-bond donors (Lipinski definition) is 0. The predicted octanol–water partition coefficient (Wildman–Crippen LogP) is 2.33. The van der Waals surface area contributed by atoms with Gasteiger partial charge in [0.15, 0.2) is 0 Å². The van der Waals surface area contributed by atoms with E-state index in [1.807, 2.05) is 19.9 Å². The van der Waals surface area contributed by atoms with Crippen molar-refractivity contribution >= 4 is 5.82 Å². The number of nitrogens with zero attached hydrogens (tertiary/aromatic N) is 4. The summed E-state index contributed by atoms with van der Waals surface area (Å²) in [5.41, 5.74) is 1.05. The highest BCUT2D eigenvalue weighted by Gasteiger charge is 2.11. The summed E-state index contributed by atoms with van der Waals surface area (Å²) in [6.07, 6.45) is 0.904. The number of anilines is 1. The third kappa shape index (κ3) is 3.70. The molecule has 4 nitrogen and oxygen atoms in total. The van der Waals surface area contributed by atoms with Gasteiger partial charge in [0.05, 0.1) is 12.0 Å². The van der Waals surface area contributed by atoms with E-state index in [2.05, 4.69) is 34.8 Å². The summed E-state index contributed by atoms with van der Waals surface area (Å²) in [5.74, 6) is 1.73. The molecule has 1 aromatic rings. The Morgan fingerprint density at radius 3 is 2.65 bits per heavy atom. The average Bonchev–Trinajstić information content (AvgIpc) is 2.34. The molecule has 0 N–H and O–H groups in total. The van der Waals surface area contributed by atoms with Crippen LogP contribution in [0, 0.1) is 24.2 Å². The first-order chi connectivity index (χ1) is 8.10. The molecule has 4 heteroatoms. The van der Waals surface area contributed by atoms with Crippen molar-refractivity contribution in [3.05, 3.63) is 17.6 Å². The molecule has 0 saturated heterocycles. The minimum Gasteiger partial charge on any atom is -0.355 e. The SMILES string of the molecule is CCc1cc(N(CC)CC(C)C#N)nc(C)n1. The molecule has 0 spiro atoms. The molecule has 1 unspecified atom stereocenters. The maximum atomic E-state index is 8.87. The van der Waals surface area contributed by atoms with Gasteiger partial charge in [-0.05, 0) is 27.2 Å². The Kier molecular flexibility index (Phi) is 4.89. The zero-order valence-electron chi connectivity index (χ0n) is 11.1. The van der Waals surface area contributed by atoms with Gasteiger partial charge < -0.3 is 4.90 Å². The van der Waals surface area contributed by atoms with Gasteiger partial charge in [0.1, 0.15) is 11.6 Å². The Morgan fingerprint density at radius 2 is 2.12 bits per heavy atom. The molecule has 0 saturated carbocycles. The van der Waals surface area contributed by atoms with Crippen molar-refractivity contribution in [2.75, 3.05) is 18.0 Å². The van der Waals surface area contributed by atoms with Gasteiger partial charge in [0.25, 0.3) is 0 Å². The molecule has 1 heterocycles. The van der Waals surface area contributed by atoms with Crippen LogP contribution in [0.15, 0.2) is 6.07 Å². The zero-order valence-corrected chi connectivity index (χ0v) is 11.1. The van der Waals surface area contributed by atoms with Crippen molar-refractivity contribution in [3.8, 4) is 6.07 Å². The first-order valence-corrected chi connectivity index (χ1v) is 6.09. The van der Waals surface area contributed by atoms with Gasteiger partial charge >= 0.3 is 0 Å². The van der Waals surface area contributed by atoms with Gasteiger partial charge in [-0.2, -0.15) is 5.26 Å². The molecule has 1 atom stereocenters. The van der Waals surface area contributed by atoms with E-state index < -0.39 is 0 Å². The van der Waals surface area contributed by atoms with Crippen molar-refractivity contribution in [1.29, 1.82) is 5.26 Å². The Morgan fingerprint density at radius 1 is 1.41 bits per heavy atom. The normalized spacial score (nSPS) is 11.9. The van der Waals surface area contributed by atoms with Crippen LogP contribution in [0.1, 0.15) is 32.3 Å². The Labute approximate surface area is 103 Å². The van der Waals surface area contributed by atoms with Crippen molar-refractivity contribution in [3.63, 3.8) is 0 Å². The van der Waals surface area contributed by atoms with Crippen molar-refractivity contribution in [2.45, 2.75) is 34.1 Å². The fourth-order valence-electron chi connectivity index (χ4n) is 1.71. The summed E-state index contributed by atoms with van der Waals surface area (Å²) in [5, 5.41) is 8.87. The predicted molar refractivity (Wildman–Crippen MR) is 68.8 cm³/mol. The zero-order chi connectivity index (χ0) is 12.8. The molecule has 0 radical (unpaired) electrons. The van der Waals surface area contributed by atoms with Crippen LogP contribution in [0.2, 0.25) is 0 Å². The summed E-state index contributed by atoms with van der Waals surface area (Å²) in [7, 11) is 0. The van der Waals surface area contributed by atoms with E-state index in [0.29, 0.717) is 6.54 Å². The third-order valence-corrected chi connectivity index (χ3v) is 2.66. The molecule has 0 fully saturated rings. The van der Waals surface area contributed by atoms with Gasteiger partial charge in [-0.1, -0.05) is 6.92 Å². The highest BCUT2D eigenvalue weighted by Crippen LogP contribution is 2.14. The van der Waals surface area contributed by atoms with Gasteiger partial charge in [-0.3, -0.25) is 0 Å². The fourth-order valence-corrected chi connectivity index (χ4v) is 1.71. The first-order valence-electron chi connectivity index (χ1n) is 6.09. The average molecular weight is 232 g/mol. The second kappa shape index (κ2) is 6.19. The molecule has 0 bridgehead atoms. The standard InChI is InChI=1S/C13H20N4/c1-5-12-7-13(16-11(4)15-12)17(6-2)9-10(3)8-14/h7,10H,5-6,9H2,1-4H3. The van der Waals surface area contributed by atoms with Crippen LogP contribution in [0.5, 0.6) is 0 Å². The van der Waals surface area contributed by atoms with E-state index in [0.717, 1.165) is 30.3 Å². The largest absolute Gasteiger partial charge is 0.355 e. The second-order valence-corrected chi connectivity index (χ2v) is 4.19. The van der Waals surface area contributed by atoms with Gasteiger partial charge in [0.2, 0.25) is 0 Å².